The van der Waals surface area contributed by atoms with Crippen molar-refractivity contribution >= 4 is 5.91 Å². The summed E-state index contributed by atoms with van der Waals surface area (Å²) in [5.74, 6) is 0.255. The molecule has 4 rings (SSSR count). The number of pyridine rings is 1. The molecule has 124 valence electrons. The number of aryl methyl sites for hydroxylation is 2. The number of rotatable bonds is 5. The van der Waals surface area contributed by atoms with E-state index in [1.807, 2.05) is 12.1 Å². The fourth-order valence-electron chi connectivity index (χ4n) is 3.66. The Balaban J connectivity index is 1.47. The minimum atomic E-state index is 0.255. The van der Waals surface area contributed by atoms with Gasteiger partial charge in [-0.1, -0.05) is 18.2 Å². The van der Waals surface area contributed by atoms with Crippen molar-refractivity contribution in [3.8, 4) is 0 Å². The second-order valence-corrected chi connectivity index (χ2v) is 7.10. The SMILES string of the molecule is O=C(Cc1ccc2c(c1)CCCC2)N(Cc1ccncc1)C1CC1. The molecule has 0 unspecified atom stereocenters. The summed E-state index contributed by atoms with van der Waals surface area (Å²) in [5.41, 5.74) is 5.27. The minimum Gasteiger partial charge on any atom is -0.335 e. The van der Waals surface area contributed by atoms with Crippen molar-refractivity contribution in [2.75, 3.05) is 0 Å². The van der Waals surface area contributed by atoms with Gasteiger partial charge >= 0.3 is 0 Å². The van der Waals surface area contributed by atoms with Gasteiger partial charge in [0.15, 0.2) is 0 Å². The number of benzene rings is 1. The highest BCUT2D eigenvalue weighted by atomic mass is 16.2. The quantitative estimate of drug-likeness (QED) is 0.842. The van der Waals surface area contributed by atoms with Gasteiger partial charge in [0.1, 0.15) is 0 Å². The van der Waals surface area contributed by atoms with E-state index in [0.717, 1.165) is 18.4 Å². The molecule has 3 heteroatoms. The van der Waals surface area contributed by atoms with Crippen molar-refractivity contribution in [1.29, 1.82) is 0 Å². The lowest BCUT2D eigenvalue weighted by Crippen LogP contribution is -2.33. The number of hydrogen-bond acceptors (Lipinski definition) is 2. The molecular formula is C21H24N2O. The second kappa shape index (κ2) is 6.76. The van der Waals surface area contributed by atoms with E-state index in [4.69, 9.17) is 0 Å². The van der Waals surface area contributed by atoms with Crippen LogP contribution in [-0.4, -0.2) is 21.8 Å². The number of carbonyl (C=O) groups excluding carboxylic acids is 1. The average molecular weight is 320 g/mol. The number of nitrogens with zero attached hydrogens (tertiary/aromatic N) is 2. The van der Waals surface area contributed by atoms with Crippen LogP contribution in [0.25, 0.3) is 0 Å². The lowest BCUT2D eigenvalue weighted by atomic mass is 9.90. The van der Waals surface area contributed by atoms with Crippen LogP contribution in [0.1, 0.15) is 47.9 Å². The molecule has 1 aromatic heterocycles. The molecule has 3 nitrogen and oxygen atoms in total. The first kappa shape index (κ1) is 15.4. The van der Waals surface area contributed by atoms with Crippen LogP contribution in [0.3, 0.4) is 0 Å². The molecule has 0 atom stereocenters. The monoisotopic (exact) mass is 320 g/mol. The van der Waals surface area contributed by atoms with Crippen molar-refractivity contribution in [2.45, 2.75) is 57.5 Å². The minimum absolute atomic E-state index is 0.255. The van der Waals surface area contributed by atoms with Crippen molar-refractivity contribution in [2.24, 2.45) is 0 Å². The van der Waals surface area contributed by atoms with E-state index >= 15 is 0 Å². The third-order valence-electron chi connectivity index (χ3n) is 5.18. The molecule has 1 saturated carbocycles. The van der Waals surface area contributed by atoms with Gasteiger partial charge in [0.05, 0.1) is 6.42 Å². The highest BCUT2D eigenvalue weighted by molar-refractivity contribution is 5.79. The third kappa shape index (κ3) is 3.50. The Hall–Kier alpha value is -2.16. The lowest BCUT2D eigenvalue weighted by Gasteiger charge is -2.23. The molecule has 2 aliphatic rings. The Bertz CT molecular complexity index is 722. The Morgan fingerprint density at radius 3 is 2.50 bits per heavy atom. The van der Waals surface area contributed by atoms with Crippen molar-refractivity contribution in [3.63, 3.8) is 0 Å². The Labute approximate surface area is 143 Å². The summed E-state index contributed by atoms with van der Waals surface area (Å²) < 4.78 is 0. The number of fused-ring (bicyclic) bond motifs is 1. The van der Waals surface area contributed by atoms with Gasteiger partial charge in [0, 0.05) is 25.0 Å². The molecule has 2 aliphatic carbocycles. The maximum absolute atomic E-state index is 12.9. The van der Waals surface area contributed by atoms with Crippen LogP contribution in [0, 0.1) is 0 Å². The first-order valence-corrected chi connectivity index (χ1v) is 9.08. The third-order valence-corrected chi connectivity index (χ3v) is 5.18. The van der Waals surface area contributed by atoms with Gasteiger partial charge in [0.25, 0.3) is 0 Å². The maximum atomic E-state index is 12.9. The molecule has 0 bridgehead atoms. The van der Waals surface area contributed by atoms with E-state index in [1.165, 1.54) is 42.4 Å². The summed E-state index contributed by atoms with van der Waals surface area (Å²) in [4.78, 5) is 19.0. The fraction of sp³-hybridized carbons (Fsp3) is 0.429. The van der Waals surface area contributed by atoms with Gasteiger partial charge in [-0.2, -0.15) is 0 Å². The normalized spacial score (nSPS) is 16.5. The lowest BCUT2D eigenvalue weighted by molar-refractivity contribution is -0.131. The standard InChI is InChI=1S/C21H24N2O/c24-21(14-17-5-6-18-3-1-2-4-19(18)13-17)23(20-7-8-20)15-16-9-11-22-12-10-16/h5-6,9-13,20H,1-4,7-8,14-15H2. The number of carbonyl (C=O) groups is 1. The van der Waals surface area contributed by atoms with Crippen molar-refractivity contribution in [1.82, 2.24) is 9.88 Å². The first-order valence-electron chi connectivity index (χ1n) is 9.08. The van der Waals surface area contributed by atoms with Crippen molar-refractivity contribution < 1.29 is 4.79 Å². The molecule has 0 N–H and O–H groups in total. The Morgan fingerprint density at radius 2 is 1.75 bits per heavy atom. The largest absolute Gasteiger partial charge is 0.335 e. The average Bonchev–Trinajstić information content (AvgIpc) is 3.45. The van der Waals surface area contributed by atoms with Crippen LogP contribution in [-0.2, 0) is 30.6 Å². The topological polar surface area (TPSA) is 33.2 Å². The summed E-state index contributed by atoms with van der Waals surface area (Å²) in [6.07, 6.45) is 11.3. The summed E-state index contributed by atoms with van der Waals surface area (Å²) in [6.45, 7) is 0.705. The van der Waals surface area contributed by atoms with E-state index in [9.17, 15) is 4.79 Å². The molecule has 0 aliphatic heterocycles. The van der Waals surface area contributed by atoms with E-state index < -0.39 is 0 Å². The van der Waals surface area contributed by atoms with Crippen LogP contribution in [0.2, 0.25) is 0 Å². The summed E-state index contributed by atoms with van der Waals surface area (Å²) in [7, 11) is 0. The molecule has 0 radical (unpaired) electrons. The smallest absolute Gasteiger partial charge is 0.227 e. The van der Waals surface area contributed by atoms with Crippen LogP contribution >= 0.6 is 0 Å². The molecule has 1 fully saturated rings. The van der Waals surface area contributed by atoms with E-state index in [-0.39, 0.29) is 5.91 Å². The van der Waals surface area contributed by atoms with Gasteiger partial charge in [-0.15, -0.1) is 0 Å². The Kier molecular flexibility index (Phi) is 4.33. The zero-order valence-electron chi connectivity index (χ0n) is 14.1. The number of aromatic nitrogens is 1. The highest BCUT2D eigenvalue weighted by Crippen LogP contribution is 2.29. The van der Waals surface area contributed by atoms with Crippen LogP contribution in [0.5, 0.6) is 0 Å². The predicted molar refractivity (Wildman–Crippen MR) is 94.6 cm³/mol. The van der Waals surface area contributed by atoms with E-state index in [2.05, 4.69) is 28.1 Å². The van der Waals surface area contributed by atoms with Crippen LogP contribution < -0.4 is 0 Å². The molecule has 0 spiro atoms. The fourth-order valence-corrected chi connectivity index (χ4v) is 3.66. The molecule has 1 heterocycles. The molecule has 24 heavy (non-hydrogen) atoms. The van der Waals surface area contributed by atoms with Crippen LogP contribution in [0.4, 0.5) is 0 Å². The van der Waals surface area contributed by atoms with Gasteiger partial charge in [-0.05, 0) is 72.9 Å². The van der Waals surface area contributed by atoms with Crippen molar-refractivity contribution in [3.05, 3.63) is 65.0 Å². The summed E-state index contributed by atoms with van der Waals surface area (Å²) in [5, 5.41) is 0. The van der Waals surface area contributed by atoms with E-state index in [1.54, 1.807) is 12.4 Å². The number of amides is 1. The maximum Gasteiger partial charge on any atom is 0.227 e. The second-order valence-electron chi connectivity index (χ2n) is 7.10. The summed E-state index contributed by atoms with van der Waals surface area (Å²) >= 11 is 0. The number of hydrogen-bond donors (Lipinski definition) is 0. The van der Waals surface area contributed by atoms with Gasteiger partial charge in [-0.3, -0.25) is 9.78 Å². The van der Waals surface area contributed by atoms with E-state index in [0.29, 0.717) is 19.0 Å². The van der Waals surface area contributed by atoms with Gasteiger partial charge in [0.2, 0.25) is 5.91 Å². The first-order chi connectivity index (χ1) is 11.8. The molecule has 1 amide bonds. The van der Waals surface area contributed by atoms with Crippen LogP contribution in [0.15, 0.2) is 42.7 Å². The molecule has 2 aromatic rings. The molecular weight excluding hydrogens is 296 g/mol. The van der Waals surface area contributed by atoms with Gasteiger partial charge < -0.3 is 4.90 Å². The Morgan fingerprint density at radius 1 is 1.00 bits per heavy atom. The molecule has 0 saturated heterocycles. The zero-order valence-corrected chi connectivity index (χ0v) is 14.1. The predicted octanol–water partition coefficient (Wildman–Crippen LogP) is 3.69. The summed E-state index contributed by atoms with van der Waals surface area (Å²) in [6, 6.07) is 11.1. The highest BCUT2D eigenvalue weighted by Gasteiger charge is 2.32. The molecule has 1 aromatic carbocycles. The van der Waals surface area contributed by atoms with Gasteiger partial charge in [-0.25, -0.2) is 0 Å². The zero-order chi connectivity index (χ0) is 16.4.